The lowest BCUT2D eigenvalue weighted by atomic mass is 10.3. The van der Waals surface area contributed by atoms with Gasteiger partial charge in [-0.15, -0.1) is 10.2 Å². The fourth-order valence-corrected chi connectivity index (χ4v) is 2.79. The topological polar surface area (TPSA) is 89.1 Å². The van der Waals surface area contributed by atoms with Gasteiger partial charge in [0.25, 0.3) is 5.82 Å². The predicted molar refractivity (Wildman–Crippen MR) is 93.2 cm³/mol. The molecule has 2 rings (SSSR count). The summed E-state index contributed by atoms with van der Waals surface area (Å²) in [6, 6.07) is 9.83. The summed E-state index contributed by atoms with van der Waals surface area (Å²) in [5.74, 6) is 3.59. The number of aromatic nitrogens is 3. The summed E-state index contributed by atoms with van der Waals surface area (Å²) in [6.07, 6.45) is -3.96. The highest BCUT2D eigenvalue weighted by Gasteiger charge is 2.38. The number of benzene rings is 1. The minimum Gasteiger partial charge on any atom is -0.375 e. The van der Waals surface area contributed by atoms with Crippen LogP contribution in [0.15, 0.2) is 35.5 Å². The first-order chi connectivity index (χ1) is 12.3. The zero-order valence-electron chi connectivity index (χ0n) is 14.0. The van der Waals surface area contributed by atoms with Gasteiger partial charge in [-0.1, -0.05) is 30.0 Å². The molecule has 0 bridgehead atoms. The highest BCUT2D eigenvalue weighted by Crippen LogP contribution is 2.28. The van der Waals surface area contributed by atoms with Crippen molar-refractivity contribution in [2.45, 2.75) is 17.8 Å². The van der Waals surface area contributed by atoms with Crippen molar-refractivity contribution in [3.05, 3.63) is 36.2 Å². The fourth-order valence-electron chi connectivity index (χ4n) is 2.11. The normalized spacial score (nSPS) is 11.4. The second-order valence-corrected chi connectivity index (χ2v) is 6.37. The Hall–Kier alpha value is -2.43. The van der Waals surface area contributed by atoms with Crippen molar-refractivity contribution in [2.75, 3.05) is 36.6 Å². The summed E-state index contributed by atoms with van der Waals surface area (Å²) < 4.78 is 38.0. The Morgan fingerprint density at radius 2 is 2.00 bits per heavy atom. The van der Waals surface area contributed by atoms with Crippen LogP contribution in [0.1, 0.15) is 12.2 Å². The molecule has 0 fully saturated rings. The Morgan fingerprint density at radius 3 is 2.62 bits per heavy atom. The Labute approximate surface area is 152 Å². The van der Waals surface area contributed by atoms with Crippen molar-refractivity contribution < 1.29 is 18.0 Å². The van der Waals surface area contributed by atoms with Gasteiger partial charge >= 0.3 is 6.18 Å². The summed E-state index contributed by atoms with van der Waals surface area (Å²) in [5, 5.41) is 8.88. The number of amides is 1. The summed E-state index contributed by atoms with van der Waals surface area (Å²) >= 11 is 0.795. The first-order valence-corrected chi connectivity index (χ1v) is 8.71. The number of nitrogens with zero attached hydrogens (tertiary/aromatic N) is 4. The average Bonchev–Trinajstić information content (AvgIpc) is 2.98. The number of thioether (sulfide) groups is 1. The molecule has 0 aliphatic heterocycles. The van der Waals surface area contributed by atoms with E-state index in [9.17, 15) is 18.0 Å². The highest BCUT2D eigenvalue weighted by atomic mass is 32.2. The lowest BCUT2D eigenvalue weighted by Gasteiger charge is -2.19. The average molecular weight is 388 g/mol. The van der Waals surface area contributed by atoms with Gasteiger partial charge in [0, 0.05) is 25.8 Å². The third-order valence-electron chi connectivity index (χ3n) is 3.44. The minimum absolute atomic E-state index is 0.0955. The number of carbonyl (C=O) groups is 1. The first kappa shape index (κ1) is 19.9. The van der Waals surface area contributed by atoms with Crippen molar-refractivity contribution in [1.82, 2.24) is 20.2 Å². The van der Waals surface area contributed by atoms with E-state index in [1.54, 1.807) is 0 Å². The monoisotopic (exact) mass is 388 g/mol. The molecule has 0 saturated heterocycles. The van der Waals surface area contributed by atoms with Crippen molar-refractivity contribution in [2.24, 2.45) is 0 Å². The molecule has 0 saturated carbocycles. The quantitative estimate of drug-likeness (QED) is 0.407. The van der Waals surface area contributed by atoms with Gasteiger partial charge in [-0.2, -0.15) is 13.2 Å². The van der Waals surface area contributed by atoms with Crippen LogP contribution in [0.4, 0.5) is 18.9 Å². The molecule has 1 heterocycles. The number of rotatable bonds is 8. The molecule has 11 heteroatoms. The van der Waals surface area contributed by atoms with Crippen molar-refractivity contribution >= 4 is 23.4 Å². The van der Waals surface area contributed by atoms with Gasteiger partial charge in [0.15, 0.2) is 0 Å². The molecule has 0 spiro atoms. The van der Waals surface area contributed by atoms with Crippen molar-refractivity contribution in [3.8, 4) is 0 Å². The van der Waals surface area contributed by atoms with E-state index in [2.05, 4.69) is 20.4 Å². The van der Waals surface area contributed by atoms with Crippen LogP contribution in [0.2, 0.25) is 0 Å². The van der Waals surface area contributed by atoms with E-state index in [4.69, 9.17) is 5.84 Å². The number of alkyl halides is 3. The molecule has 0 aliphatic carbocycles. The molecule has 0 unspecified atom stereocenters. The molecule has 0 atom stereocenters. The predicted octanol–water partition coefficient (Wildman–Crippen LogP) is 1.75. The zero-order chi connectivity index (χ0) is 19.2. The van der Waals surface area contributed by atoms with Gasteiger partial charge < -0.3 is 16.1 Å². The Bertz CT molecular complexity index is 722. The smallest absolute Gasteiger partial charge is 0.375 e. The maximum Gasteiger partial charge on any atom is 0.453 e. The number of hydrogen-bond acceptors (Lipinski definition) is 6. The van der Waals surface area contributed by atoms with Gasteiger partial charge in [-0.25, -0.2) is 4.68 Å². The molecule has 1 amide bonds. The molecule has 3 N–H and O–H groups in total. The SMILES string of the molecule is CN(CCCNC(=O)CSc1nnc(C(F)(F)F)n1N)c1ccccc1. The van der Waals surface area contributed by atoms with Crippen LogP contribution in [0.5, 0.6) is 0 Å². The van der Waals surface area contributed by atoms with Crippen molar-refractivity contribution in [1.29, 1.82) is 0 Å². The van der Waals surface area contributed by atoms with Crippen LogP contribution in [-0.4, -0.2) is 46.7 Å². The summed E-state index contributed by atoms with van der Waals surface area (Å²) in [4.78, 5) is 13.8. The molecule has 0 aliphatic rings. The van der Waals surface area contributed by atoms with Crippen LogP contribution in [0.25, 0.3) is 0 Å². The molecule has 2 aromatic rings. The molecule has 142 valence electrons. The Balaban J connectivity index is 1.69. The van der Waals surface area contributed by atoms with Crippen LogP contribution in [-0.2, 0) is 11.0 Å². The highest BCUT2D eigenvalue weighted by molar-refractivity contribution is 7.99. The maximum atomic E-state index is 12.6. The second-order valence-electron chi connectivity index (χ2n) is 5.42. The third kappa shape index (κ3) is 5.55. The molecular weight excluding hydrogens is 369 g/mol. The van der Waals surface area contributed by atoms with E-state index < -0.39 is 12.0 Å². The number of hydrogen-bond donors (Lipinski definition) is 2. The lowest BCUT2D eigenvalue weighted by molar-refractivity contribution is -0.146. The number of nitrogens with two attached hydrogens (primary N) is 1. The van der Waals surface area contributed by atoms with E-state index in [-0.39, 0.29) is 16.8 Å². The van der Waals surface area contributed by atoms with Gasteiger partial charge in [0.1, 0.15) is 0 Å². The fraction of sp³-hybridized carbons (Fsp3) is 0.400. The molecule has 26 heavy (non-hydrogen) atoms. The van der Waals surface area contributed by atoms with Crippen molar-refractivity contribution in [3.63, 3.8) is 0 Å². The molecular formula is C15H19F3N6OS. The number of anilines is 1. The second kappa shape index (κ2) is 8.79. The summed E-state index contributed by atoms with van der Waals surface area (Å²) in [7, 11) is 1.96. The lowest BCUT2D eigenvalue weighted by Crippen LogP contribution is -2.29. The van der Waals surface area contributed by atoms with Crippen LogP contribution in [0.3, 0.4) is 0 Å². The number of halogens is 3. The Morgan fingerprint density at radius 1 is 1.31 bits per heavy atom. The van der Waals surface area contributed by atoms with E-state index in [0.717, 1.165) is 30.4 Å². The maximum absolute atomic E-state index is 12.6. The number of para-hydroxylation sites is 1. The minimum atomic E-state index is -4.69. The van der Waals surface area contributed by atoms with Crippen LogP contribution >= 0.6 is 11.8 Å². The third-order valence-corrected chi connectivity index (χ3v) is 4.38. The molecule has 1 aromatic heterocycles. The van der Waals surface area contributed by atoms with Gasteiger partial charge in [-0.05, 0) is 18.6 Å². The number of nitrogen functional groups attached to an aromatic ring is 1. The summed E-state index contributed by atoms with van der Waals surface area (Å²) in [5.41, 5.74) is 1.08. The Kier molecular flexibility index (Phi) is 6.72. The van der Waals surface area contributed by atoms with Gasteiger partial charge in [-0.3, -0.25) is 4.79 Å². The number of carbonyl (C=O) groups excluding carboxylic acids is 1. The van der Waals surface area contributed by atoms with E-state index in [1.807, 2.05) is 37.4 Å². The van der Waals surface area contributed by atoms with E-state index in [1.165, 1.54) is 0 Å². The van der Waals surface area contributed by atoms with Crippen LogP contribution in [0, 0.1) is 0 Å². The zero-order valence-corrected chi connectivity index (χ0v) is 14.8. The van der Waals surface area contributed by atoms with Gasteiger partial charge in [0.2, 0.25) is 11.1 Å². The molecule has 0 radical (unpaired) electrons. The molecule has 7 nitrogen and oxygen atoms in total. The van der Waals surface area contributed by atoms with E-state index >= 15 is 0 Å². The molecule has 1 aromatic carbocycles. The summed E-state index contributed by atoms with van der Waals surface area (Å²) in [6.45, 7) is 1.21. The van der Waals surface area contributed by atoms with Gasteiger partial charge in [0.05, 0.1) is 5.75 Å². The van der Waals surface area contributed by atoms with E-state index in [0.29, 0.717) is 11.2 Å². The number of nitrogens with one attached hydrogen (secondary N) is 1. The standard InChI is InChI=1S/C15H19F3N6OS/c1-23(11-6-3-2-4-7-11)9-5-8-20-12(25)10-26-14-22-21-13(24(14)19)15(16,17)18/h2-4,6-7H,5,8-10,19H2,1H3,(H,20,25). The van der Waals surface area contributed by atoms with Crippen LogP contribution < -0.4 is 16.1 Å². The largest absolute Gasteiger partial charge is 0.453 e. The first-order valence-electron chi connectivity index (χ1n) is 7.72.